The molecule has 6 nitrogen and oxygen atoms in total. The van der Waals surface area contributed by atoms with Gasteiger partial charge in [0.25, 0.3) is 15.6 Å². The first-order valence-electron chi connectivity index (χ1n) is 9.83. The number of halogens is 7. The Morgan fingerprint density at radius 2 is 1.63 bits per heavy atom. The Hall–Kier alpha value is -3.00. The van der Waals surface area contributed by atoms with E-state index < -0.39 is 62.6 Å². The molecule has 0 saturated heterocycles. The van der Waals surface area contributed by atoms with Crippen molar-refractivity contribution in [3.8, 4) is 0 Å². The van der Waals surface area contributed by atoms with E-state index in [0.717, 1.165) is 24.3 Å². The summed E-state index contributed by atoms with van der Waals surface area (Å²) in [5, 5.41) is 9.71. The van der Waals surface area contributed by atoms with Crippen LogP contribution in [0.3, 0.4) is 0 Å². The molecule has 1 atom stereocenters. The molecular formula is C21H17F7N2O4S. The monoisotopic (exact) mass is 526 g/mol. The van der Waals surface area contributed by atoms with Gasteiger partial charge in [-0.05, 0) is 55.5 Å². The molecule has 190 valence electrons. The largest absolute Gasteiger partial charge is 0.430 e. The zero-order valence-corrected chi connectivity index (χ0v) is 18.4. The van der Waals surface area contributed by atoms with Crippen molar-refractivity contribution >= 4 is 28.3 Å². The van der Waals surface area contributed by atoms with Gasteiger partial charge < -0.3 is 5.11 Å². The van der Waals surface area contributed by atoms with Crippen molar-refractivity contribution in [2.75, 3.05) is 4.31 Å². The first-order chi connectivity index (χ1) is 16.0. The number of amides is 1. The number of anilines is 1. The van der Waals surface area contributed by atoms with Crippen LogP contribution in [0.25, 0.3) is 0 Å². The van der Waals surface area contributed by atoms with Crippen LogP contribution in [0.4, 0.5) is 36.4 Å². The summed E-state index contributed by atoms with van der Waals surface area (Å²) in [6, 6.07) is 3.89. The Kier molecular flexibility index (Phi) is 6.76. The van der Waals surface area contributed by atoms with Crippen molar-refractivity contribution in [1.29, 1.82) is 0 Å². The summed E-state index contributed by atoms with van der Waals surface area (Å²) >= 11 is 0. The summed E-state index contributed by atoms with van der Waals surface area (Å²) in [6.45, 7) is 3.06. The Labute approximate surface area is 194 Å². The second kappa shape index (κ2) is 8.90. The van der Waals surface area contributed by atoms with Crippen molar-refractivity contribution in [1.82, 2.24) is 0 Å². The molecule has 0 fully saturated rings. The average Bonchev–Trinajstić information content (AvgIpc) is 2.76. The molecule has 1 amide bonds. The van der Waals surface area contributed by atoms with Crippen LogP contribution >= 0.6 is 0 Å². The van der Waals surface area contributed by atoms with Crippen LogP contribution in [0.5, 0.6) is 0 Å². The minimum absolute atomic E-state index is 0.172. The molecule has 0 aliphatic carbocycles. The first kappa shape index (κ1) is 26.6. The van der Waals surface area contributed by atoms with Crippen molar-refractivity contribution in [3.05, 3.63) is 59.4 Å². The lowest BCUT2D eigenvalue weighted by atomic mass is 9.87. The quantitative estimate of drug-likeness (QED) is 0.466. The Balaban J connectivity index is 2.20. The molecule has 1 aliphatic heterocycles. The van der Waals surface area contributed by atoms with Gasteiger partial charge in [-0.3, -0.25) is 9.10 Å². The number of alkyl halides is 6. The van der Waals surface area contributed by atoms with E-state index in [2.05, 4.69) is 11.7 Å². The highest BCUT2D eigenvalue weighted by Crippen LogP contribution is 2.51. The molecule has 1 unspecified atom stereocenters. The molecule has 1 aliphatic rings. The Morgan fingerprint density at radius 1 is 1.06 bits per heavy atom. The van der Waals surface area contributed by atoms with Crippen LogP contribution in [-0.4, -0.2) is 44.5 Å². The minimum Gasteiger partial charge on any atom is -0.369 e. The lowest BCUT2D eigenvalue weighted by Gasteiger charge is -2.39. The zero-order valence-electron chi connectivity index (χ0n) is 17.6. The highest BCUT2D eigenvalue weighted by atomic mass is 32.2. The van der Waals surface area contributed by atoms with Gasteiger partial charge in [-0.15, -0.1) is 0 Å². The number of aryl methyl sites for hydroxylation is 1. The third kappa shape index (κ3) is 4.63. The number of benzene rings is 2. The van der Waals surface area contributed by atoms with Gasteiger partial charge in [0.1, 0.15) is 5.82 Å². The molecule has 0 aromatic heterocycles. The van der Waals surface area contributed by atoms with E-state index in [1.54, 1.807) is 0 Å². The fourth-order valence-electron chi connectivity index (χ4n) is 3.85. The Morgan fingerprint density at radius 3 is 2.14 bits per heavy atom. The maximum Gasteiger partial charge on any atom is 0.430 e. The third-order valence-electron chi connectivity index (χ3n) is 5.59. The van der Waals surface area contributed by atoms with Crippen molar-refractivity contribution in [2.45, 2.75) is 48.2 Å². The van der Waals surface area contributed by atoms with E-state index in [1.165, 1.54) is 0 Å². The number of aliphatic hydroxyl groups is 1. The lowest BCUT2D eigenvalue weighted by molar-refractivity contribution is -0.376. The second-order valence-electron chi connectivity index (χ2n) is 7.75. The molecule has 0 bridgehead atoms. The maximum absolute atomic E-state index is 13.4. The van der Waals surface area contributed by atoms with E-state index in [-0.39, 0.29) is 24.1 Å². The van der Waals surface area contributed by atoms with E-state index >= 15 is 0 Å². The summed E-state index contributed by atoms with van der Waals surface area (Å²) in [5.74, 6) is -1.55. The molecule has 35 heavy (non-hydrogen) atoms. The normalized spacial score (nSPS) is 17.1. The Bertz CT molecular complexity index is 1230. The summed E-state index contributed by atoms with van der Waals surface area (Å²) in [7, 11) is -4.55. The van der Waals surface area contributed by atoms with E-state index in [1.807, 2.05) is 0 Å². The molecule has 1 heterocycles. The number of hydrogen-bond acceptors (Lipinski definition) is 4. The topological polar surface area (TPSA) is 87.0 Å². The number of fused-ring (bicyclic) bond motifs is 1. The van der Waals surface area contributed by atoms with Gasteiger partial charge in [0.2, 0.25) is 5.91 Å². The van der Waals surface area contributed by atoms with Gasteiger partial charge in [0, 0.05) is 5.56 Å². The van der Waals surface area contributed by atoms with Crippen LogP contribution in [0.15, 0.2) is 52.4 Å². The molecule has 0 spiro atoms. The maximum atomic E-state index is 13.4. The van der Waals surface area contributed by atoms with Crippen molar-refractivity contribution in [3.63, 3.8) is 0 Å². The molecule has 1 N–H and O–H groups in total. The van der Waals surface area contributed by atoms with Gasteiger partial charge in [0.15, 0.2) is 0 Å². The van der Waals surface area contributed by atoms with Gasteiger partial charge in [0.05, 0.1) is 23.0 Å². The van der Waals surface area contributed by atoms with E-state index in [4.69, 9.17) is 0 Å². The molecule has 2 aromatic carbocycles. The van der Waals surface area contributed by atoms with Gasteiger partial charge in [-0.25, -0.2) is 17.8 Å². The van der Waals surface area contributed by atoms with Crippen LogP contribution in [0.2, 0.25) is 0 Å². The summed E-state index contributed by atoms with van der Waals surface area (Å²) in [5.41, 5.74) is -7.28. The highest BCUT2D eigenvalue weighted by Gasteiger charge is 2.71. The van der Waals surface area contributed by atoms with E-state index in [0.29, 0.717) is 22.5 Å². The molecule has 0 radical (unpaired) electrons. The number of rotatable bonds is 5. The predicted octanol–water partition coefficient (Wildman–Crippen LogP) is 4.27. The smallest absolute Gasteiger partial charge is 0.369 e. The van der Waals surface area contributed by atoms with Gasteiger partial charge in [-0.1, -0.05) is 12.1 Å². The minimum atomic E-state index is -6.13. The number of sulfonamides is 1. The zero-order chi connectivity index (χ0) is 26.4. The molecule has 14 heteroatoms. The van der Waals surface area contributed by atoms with Crippen LogP contribution in [0.1, 0.15) is 24.0 Å². The standard InChI is InChI=1S/C21H17F7N2O4S/c1-29-18(31)11-15-6-2-12-10-13(19(32,20(23,24)25)21(26,27)28)3-9-17(12)30(15)35(33,34)16-7-4-14(22)5-8-16/h3-5,7-10,15,32H,1-2,6,11H2. The number of carbonyl (C=O) groups excluding carboxylic acids is 1. The van der Waals surface area contributed by atoms with Crippen LogP contribution in [-0.2, 0) is 26.8 Å². The molecule has 3 rings (SSSR count). The SMILES string of the molecule is C=NC(=O)CC1CCc2cc(C(O)(C(F)(F)F)C(F)(F)F)ccc2N1S(=O)(=O)c1ccc(F)cc1. The third-order valence-corrected chi connectivity index (χ3v) is 7.47. The summed E-state index contributed by atoms with van der Waals surface area (Å²) in [4.78, 5) is 14.6. The first-order valence-corrected chi connectivity index (χ1v) is 11.3. The highest BCUT2D eigenvalue weighted by molar-refractivity contribution is 7.92. The summed E-state index contributed by atoms with van der Waals surface area (Å²) < 4.78 is 121. The molecular weight excluding hydrogens is 509 g/mol. The fraction of sp³-hybridized carbons (Fsp3) is 0.333. The fourth-order valence-corrected chi connectivity index (χ4v) is 5.56. The van der Waals surface area contributed by atoms with Crippen molar-refractivity contribution in [2.24, 2.45) is 4.99 Å². The van der Waals surface area contributed by atoms with Crippen LogP contribution < -0.4 is 4.31 Å². The molecule has 2 aromatic rings. The van der Waals surface area contributed by atoms with Gasteiger partial charge >= 0.3 is 12.4 Å². The lowest BCUT2D eigenvalue weighted by Crippen LogP contribution is -2.54. The number of aliphatic imine (C=N–C) groups is 1. The summed E-state index contributed by atoms with van der Waals surface area (Å²) in [6.07, 6.45) is -13.1. The number of hydrogen-bond donors (Lipinski definition) is 1. The van der Waals surface area contributed by atoms with Crippen molar-refractivity contribution < 1.29 is 49.1 Å². The predicted molar refractivity (Wildman–Crippen MR) is 110 cm³/mol. The van der Waals surface area contributed by atoms with Gasteiger partial charge in [-0.2, -0.15) is 26.3 Å². The average molecular weight is 526 g/mol. The second-order valence-corrected chi connectivity index (χ2v) is 9.57. The van der Waals surface area contributed by atoms with Crippen LogP contribution in [0, 0.1) is 5.82 Å². The number of nitrogens with zero attached hydrogens (tertiary/aromatic N) is 2. The molecule has 0 saturated carbocycles. The number of carbonyl (C=O) groups is 1. The van der Waals surface area contributed by atoms with E-state index in [9.17, 15) is 49.1 Å².